The van der Waals surface area contributed by atoms with Gasteiger partial charge in [0.05, 0.1) is 18.4 Å². The van der Waals surface area contributed by atoms with E-state index < -0.39 is 23.4 Å². The number of likely N-dealkylation sites (tertiary alicyclic amines) is 1. The number of H-pyrrole nitrogens is 1. The first-order valence-electron chi connectivity index (χ1n) is 12.3. The van der Waals surface area contributed by atoms with Gasteiger partial charge in [-0.3, -0.25) is 24.6 Å². The molecular weight excluding hydrogens is 488 g/mol. The van der Waals surface area contributed by atoms with E-state index in [-0.39, 0.29) is 24.3 Å². The molecule has 1 spiro atoms. The number of rotatable bonds is 4. The molecule has 3 aliphatic heterocycles. The van der Waals surface area contributed by atoms with Crippen LogP contribution < -0.4 is 10.6 Å². The molecule has 3 aromatic carbocycles. The molecule has 3 aliphatic rings. The zero-order valence-corrected chi connectivity index (χ0v) is 20.5. The highest BCUT2D eigenvalue weighted by atomic mass is 35.5. The van der Waals surface area contributed by atoms with Crippen molar-refractivity contribution in [2.24, 2.45) is 11.8 Å². The van der Waals surface area contributed by atoms with E-state index in [0.29, 0.717) is 22.7 Å². The van der Waals surface area contributed by atoms with Crippen LogP contribution in [0, 0.1) is 11.8 Å². The lowest BCUT2D eigenvalue weighted by Gasteiger charge is -2.29. The van der Waals surface area contributed by atoms with Crippen LogP contribution in [0.2, 0.25) is 5.02 Å². The summed E-state index contributed by atoms with van der Waals surface area (Å²) in [6.07, 6.45) is 2.42. The van der Waals surface area contributed by atoms with Crippen molar-refractivity contribution in [3.63, 3.8) is 0 Å². The molecule has 7 nitrogen and oxygen atoms in total. The predicted octanol–water partition coefficient (Wildman–Crippen LogP) is 3.98. The Balaban J connectivity index is 1.35. The Morgan fingerprint density at radius 2 is 1.70 bits per heavy atom. The minimum atomic E-state index is -1.38. The molecule has 7 rings (SSSR count). The zero-order valence-electron chi connectivity index (χ0n) is 19.7. The van der Waals surface area contributed by atoms with Gasteiger partial charge < -0.3 is 10.3 Å². The number of para-hydroxylation sites is 1. The van der Waals surface area contributed by atoms with Crippen LogP contribution in [-0.2, 0) is 32.9 Å². The van der Waals surface area contributed by atoms with Crippen LogP contribution >= 0.6 is 11.6 Å². The third-order valence-electron chi connectivity index (χ3n) is 8.07. The second-order valence-electron chi connectivity index (χ2n) is 10.0. The highest BCUT2D eigenvalue weighted by Crippen LogP contribution is 2.54. The van der Waals surface area contributed by atoms with Crippen LogP contribution in [-0.4, -0.2) is 33.6 Å². The Hall–Kier alpha value is -3.94. The molecule has 4 heterocycles. The highest BCUT2D eigenvalue weighted by molar-refractivity contribution is 6.31. The van der Waals surface area contributed by atoms with Gasteiger partial charge in [0.15, 0.2) is 0 Å². The normalized spacial score (nSPS) is 26.2. The lowest BCUT2D eigenvalue weighted by atomic mass is 9.76. The largest absolute Gasteiger partial charge is 0.361 e. The molecule has 4 atom stereocenters. The van der Waals surface area contributed by atoms with Crippen LogP contribution in [0.5, 0.6) is 0 Å². The molecule has 37 heavy (non-hydrogen) atoms. The number of hydrogen-bond donors (Lipinski definition) is 3. The second kappa shape index (κ2) is 8.03. The number of nitrogens with zero attached hydrogens (tertiary/aromatic N) is 1. The third-order valence-corrected chi connectivity index (χ3v) is 8.30. The molecule has 2 saturated heterocycles. The van der Waals surface area contributed by atoms with Crippen LogP contribution in [0.25, 0.3) is 10.9 Å². The first kappa shape index (κ1) is 22.3. The first-order valence-corrected chi connectivity index (χ1v) is 12.7. The van der Waals surface area contributed by atoms with Crippen molar-refractivity contribution in [3.8, 4) is 0 Å². The topological polar surface area (TPSA) is 94.3 Å². The van der Waals surface area contributed by atoms with Gasteiger partial charge in [-0.25, -0.2) is 0 Å². The summed E-state index contributed by atoms with van der Waals surface area (Å²) in [6, 6.07) is 22.2. The van der Waals surface area contributed by atoms with E-state index in [0.717, 1.165) is 22.0 Å². The maximum absolute atomic E-state index is 14.0. The molecule has 2 fully saturated rings. The third kappa shape index (κ3) is 3.14. The molecule has 3 amide bonds. The number of carbonyl (C=O) groups excluding carboxylic acids is 3. The van der Waals surface area contributed by atoms with Gasteiger partial charge in [0.2, 0.25) is 17.7 Å². The number of anilines is 1. The Bertz CT molecular complexity index is 1600. The van der Waals surface area contributed by atoms with Crippen molar-refractivity contribution >= 4 is 45.9 Å². The second-order valence-corrected chi connectivity index (χ2v) is 10.5. The number of nitrogens with one attached hydrogen (secondary N) is 3. The number of hydrogen-bond acceptors (Lipinski definition) is 4. The van der Waals surface area contributed by atoms with Crippen molar-refractivity contribution in [2.45, 2.75) is 24.5 Å². The summed E-state index contributed by atoms with van der Waals surface area (Å²) in [7, 11) is 0. The number of aromatic amines is 1. The van der Waals surface area contributed by atoms with Crippen molar-refractivity contribution in [2.75, 3.05) is 5.32 Å². The van der Waals surface area contributed by atoms with E-state index in [1.54, 1.807) is 18.2 Å². The molecule has 4 aromatic rings. The van der Waals surface area contributed by atoms with Gasteiger partial charge in [-0.15, -0.1) is 0 Å². The minimum Gasteiger partial charge on any atom is -0.361 e. The fourth-order valence-electron chi connectivity index (χ4n) is 6.47. The number of aromatic nitrogens is 1. The van der Waals surface area contributed by atoms with Crippen LogP contribution in [0.3, 0.4) is 0 Å². The number of fused-ring (bicyclic) bond motifs is 5. The number of amides is 3. The van der Waals surface area contributed by atoms with Crippen LogP contribution in [0.4, 0.5) is 5.69 Å². The predicted molar refractivity (Wildman–Crippen MR) is 140 cm³/mol. The van der Waals surface area contributed by atoms with Gasteiger partial charge in [0.25, 0.3) is 0 Å². The van der Waals surface area contributed by atoms with Crippen LogP contribution in [0.1, 0.15) is 16.7 Å². The van der Waals surface area contributed by atoms with Gasteiger partial charge in [-0.1, -0.05) is 60.1 Å². The number of carbonyl (C=O) groups is 3. The molecule has 0 aliphatic carbocycles. The number of imide groups is 1. The number of benzene rings is 3. The Labute approximate surface area is 217 Å². The summed E-state index contributed by atoms with van der Waals surface area (Å²) in [6.45, 7) is 0.172. The van der Waals surface area contributed by atoms with Gasteiger partial charge in [0.1, 0.15) is 5.54 Å². The van der Waals surface area contributed by atoms with Crippen molar-refractivity contribution in [1.82, 2.24) is 15.2 Å². The average Bonchev–Trinajstić information content (AvgIpc) is 3.61. The van der Waals surface area contributed by atoms with Gasteiger partial charge >= 0.3 is 0 Å². The van der Waals surface area contributed by atoms with Crippen molar-refractivity contribution in [3.05, 3.63) is 101 Å². The summed E-state index contributed by atoms with van der Waals surface area (Å²) in [5.74, 6) is -2.49. The summed E-state index contributed by atoms with van der Waals surface area (Å²) >= 11 is 6.36. The molecule has 8 heteroatoms. The zero-order chi connectivity index (χ0) is 25.3. The molecule has 0 radical (unpaired) electrons. The summed E-state index contributed by atoms with van der Waals surface area (Å²) in [4.78, 5) is 46.2. The fraction of sp³-hybridized carbons (Fsp3) is 0.207. The molecule has 0 unspecified atom stereocenters. The molecule has 1 aromatic heterocycles. The molecule has 0 bridgehead atoms. The summed E-state index contributed by atoms with van der Waals surface area (Å²) < 4.78 is 0. The fourth-order valence-corrected chi connectivity index (χ4v) is 6.64. The van der Waals surface area contributed by atoms with Crippen molar-refractivity contribution < 1.29 is 14.4 Å². The van der Waals surface area contributed by atoms with Crippen molar-refractivity contribution in [1.29, 1.82) is 0 Å². The van der Waals surface area contributed by atoms with Crippen LogP contribution in [0.15, 0.2) is 79.0 Å². The SMILES string of the molecule is O=C1[C@H]2[C@@H](C(=O)N1Cc1ccccc1)[C@]1(N[C@@H]2Cc2c[nH]c3ccccc23)C(=O)Nc2ccc(Cl)cc21. The van der Waals surface area contributed by atoms with E-state index in [4.69, 9.17) is 11.6 Å². The lowest BCUT2D eigenvalue weighted by Crippen LogP contribution is -2.53. The minimum absolute atomic E-state index is 0.172. The van der Waals surface area contributed by atoms with E-state index in [1.807, 2.05) is 60.8 Å². The Morgan fingerprint density at radius 3 is 2.54 bits per heavy atom. The number of halogens is 1. The lowest BCUT2D eigenvalue weighted by molar-refractivity contribution is -0.143. The van der Waals surface area contributed by atoms with E-state index in [1.165, 1.54) is 4.90 Å². The summed E-state index contributed by atoms with van der Waals surface area (Å²) in [5.41, 5.74) is 2.73. The molecule has 0 saturated carbocycles. The molecular formula is C29H23ClN4O3. The van der Waals surface area contributed by atoms with E-state index >= 15 is 0 Å². The smallest absolute Gasteiger partial charge is 0.250 e. The molecule has 184 valence electrons. The first-order chi connectivity index (χ1) is 18.0. The monoisotopic (exact) mass is 510 g/mol. The standard InChI is InChI=1S/C29H23ClN4O3/c30-18-10-11-22-20(13-18)29(28(37)32-22)25-24(26(35)34(27(25)36)15-16-6-2-1-3-7-16)23(33-29)12-17-14-31-21-9-5-4-8-19(17)21/h1-11,13-14,23-25,31,33H,12,15H2,(H,32,37)/t23-,24-,25+,29+/m1/s1. The van der Waals surface area contributed by atoms with Gasteiger partial charge in [-0.05, 0) is 41.8 Å². The molecule has 3 N–H and O–H groups in total. The van der Waals surface area contributed by atoms with E-state index in [9.17, 15) is 14.4 Å². The quantitative estimate of drug-likeness (QED) is 0.362. The highest BCUT2D eigenvalue weighted by Gasteiger charge is 2.70. The Kier molecular flexibility index (Phi) is 4.83. The van der Waals surface area contributed by atoms with Gasteiger partial charge in [0, 0.05) is 39.4 Å². The maximum Gasteiger partial charge on any atom is 0.250 e. The maximum atomic E-state index is 14.0. The average molecular weight is 511 g/mol. The van der Waals surface area contributed by atoms with Gasteiger partial charge in [-0.2, -0.15) is 0 Å². The Morgan fingerprint density at radius 1 is 0.919 bits per heavy atom. The summed E-state index contributed by atoms with van der Waals surface area (Å²) in [5, 5.41) is 7.95. The van der Waals surface area contributed by atoms with E-state index in [2.05, 4.69) is 15.6 Å².